The number of β-amino-alcohol motifs (C(OH)–C–C–N with tert-alkyl or cyclic N) is 1. The molecule has 1 aliphatic rings. The van der Waals surface area contributed by atoms with Gasteiger partial charge in [0.15, 0.2) is 0 Å². The number of aliphatic carboxylic acids is 1. The molecule has 9 nitrogen and oxygen atoms in total. The number of hydrogen-bond donors (Lipinski definition) is 2. The zero-order chi connectivity index (χ0) is 32.9. The summed E-state index contributed by atoms with van der Waals surface area (Å²) >= 11 is 0. The normalized spacial score (nSPS) is 16.3. The Labute approximate surface area is 271 Å². The van der Waals surface area contributed by atoms with Crippen molar-refractivity contribution >= 4 is 17.7 Å². The zero-order valence-electron chi connectivity index (χ0n) is 26.7. The van der Waals surface area contributed by atoms with Gasteiger partial charge in [-0.3, -0.25) is 14.4 Å². The van der Waals surface area contributed by atoms with Gasteiger partial charge in [-0.25, -0.2) is 0 Å². The lowest BCUT2D eigenvalue weighted by Crippen LogP contribution is -2.42. The molecule has 1 saturated heterocycles. The minimum absolute atomic E-state index is 0.0260. The van der Waals surface area contributed by atoms with Crippen LogP contribution in [0.3, 0.4) is 0 Å². The van der Waals surface area contributed by atoms with Crippen molar-refractivity contribution in [2.45, 2.75) is 75.5 Å². The van der Waals surface area contributed by atoms with Crippen molar-refractivity contribution in [1.29, 1.82) is 0 Å². The summed E-state index contributed by atoms with van der Waals surface area (Å²) in [7, 11) is 3.25. The number of amides is 1. The fourth-order valence-corrected chi connectivity index (χ4v) is 6.12. The highest BCUT2D eigenvalue weighted by atomic mass is 16.5. The number of ketones is 1. The van der Waals surface area contributed by atoms with Crippen LogP contribution in [0, 0.1) is 0 Å². The predicted octanol–water partition coefficient (Wildman–Crippen LogP) is 5.75. The lowest BCUT2D eigenvalue weighted by molar-refractivity contribution is -0.138. The minimum atomic E-state index is -1.02. The number of likely N-dealkylation sites (tertiary alicyclic amines) is 1. The smallest absolute Gasteiger partial charge is 0.303 e. The highest BCUT2D eigenvalue weighted by Crippen LogP contribution is 2.42. The first kappa shape index (κ1) is 34.7. The number of carbonyl (C=O) groups is 3. The SMILES string of the molecule is COc1ccc(C(OC[C@@H]2C[C@@H](O)CN2C(=O)CCCCCCC(=O)CCC(=O)O)(c2ccccc2)c2ccc(OC)cc2)cc1. The molecule has 2 N–H and O–H groups in total. The monoisotopic (exact) mass is 631 g/mol. The quantitative estimate of drug-likeness (QED) is 0.135. The molecule has 9 heteroatoms. The van der Waals surface area contributed by atoms with E-state index in [0.717, 1.165) is 41.0 Å². The van der Waals surface area contributed by atoms with Crippen LogP contribution in [0.4, 0.5) is 0 Å². The van der Waals surface area contributed by atoms with E-state index in [1.54, 1.807) is 19.1 Å². The number of carboxylic acids is 1. The van der Waals surface area contributed by atoms with Crippen molar-refractivity contribution in [2.75, 3.05) is 27.4 Å². The molecule has 1 aliphatic heterocycles. The maximum Gasteiger partial charge on any atom is 0.303 e. The molecule has 46 heavy (non-hydrogen) atoms. The molecule has 2 atom stereocenters. The number of aliphatic hydroxyl groups is 1. The average molecular weight is 632 g/mol. The van der Waals surface area contributed by atoms with Gasteiger partial charge in [0.25, 0.3) is 0 Å². The van der Waals surface area contributed by atoms with E-state index in [4.69, 9.17) is 19.3 Å². The van der Waals surface area contributed by atoms with Crippen LogP contribution in [0.2, 0.25) is 0 Å². The van der Waals surface area contributed by atoms with Crippen molar-refractivity contribution in [1.82, 2.24) is 4.90 Å². The van der Waals surface area contributed by atoms with Crippen LogP contribution in [0.5, 0.6) is 11.5 Å². The fourth-order valence-electron chi connectivity index (χ4n) is 6.12. The molecule has 0 bridgehead atoms. The van der Waals surface area contributed by atoms with E-state index >= 15 is 0 Å². The Kier molecular flexibility index (Phi) is 12.7. The highest BCUT2D eigenvalue weighted by Gasteiger charge is 2.41. The summed E-state index contributed by atoms with van der Waals surface area (Å²) < 4.78 is 17.9. The van der Waals surface area contributed by atoms with Gasteiger partial charge in [0.05, 0.1) is 39.4 Å². The Morgan fingerprint density at radius 3 is 1.83 bits per heavy atom. The van der Waals surface area contributed by atoms with Crippen molar-refractivity contribution < 1.29 is 38.8 Å². The summed E-state index contributed by atoms with van der Waals surface area (Å²) in [6.07, 6.45) is 3.37. The molecular weight excluding hydrogens is 586 g/mol. The number of carbonyl (C=O) groups excluding carboxylic acids is 2. The third kappa shape index (κ3) is 8.95. The molecule has 4 rings (SSSR count). The average Bonchev–Trinajstić information content (AvgIpc) is 3.46. The van der Waals surface area contributed by atoms with Crippen LogP contribution < -0.4 is 9.47 Å². The van der Waals surface area contributed by atoms with Gasteiger partial charge in [0, 0.05) is 25.8 Å². The van der Waals surface area contributed by atoms with Gasteiger partial charge in [-0.05, 0) is 60.2 Å². The Morgan fingerprint density at radius 2 is 1.28 bits per heavy atom. The Balaban J connectivity index is 1.49. The number of Topliss-reactive ketones (excluding diaryl/α,β-unsaturated/α-hetero) is 1. The maximum atomic E-state index is 13.4. The molecule has 1 amide bonds. The number of benzene rings is 3. The second-order valence-corrected chi connectivity index (χ2v) is 11.8. The summed E-state index contributed by atoms with van der Waals surface area (Å²) in [5.41, 5.74) is 1.68. The predicted molar refractivity (Wildman–Crippen MR) is 174 cm³/mol. The van der Waals surface area contributed by atoms with Gasteiger partial charge in [0.2, 0.25) is 5.91 Å². The number of aliphatic hydroxyl groups excluding tert-OH is 1. The topological polar surface area (TPSA) is 123 Å². The molecule has 0 aliphatic carbocycles. The molecular formula is C37H45NO8. The number of methoxy groups -OCH3 is 2. The van der Waals surface area contributed by atoms with E-state index in [1.807, 2.05) is 78.9 Å². The van der Waals surface area contributed by atoms with Crippen LogP contribution in [0.25, 0.3) is 0 Å². The first-order valence-corrected chi connectivity index (χ1v) is 16.0. The van der Waals surface area contributed by atoms with E-state index in [1.165, 1.54) is 0 Å². The summed E-state index contributed by atoms with van der Waals surface area (Å²) in [6, 6.07) is 25.2. The van der Waals surface area contributed by atoms with Crippen LogP contribution >= 0.6 is 0 Å². The van der Waals surface area contributed by atoms with Crippen LogP contribution in [0.1, 0.15) is 74.5 Å². The molecule has 3 aromatic carbocycles. The van der Waals surface area contributed by atoms with Crippen molar-refractivity contribution in [3.05, 3.63) is 95.6 Å². The molecule has 246 valence electrons. The first-order valence-electron chi connectivity index (χ1n) is 16.0. The second-order valence-electron chi connectivity index (χ2n) is 11.8. The van der Waals surface area contributed by atoms with Crippen molar-refractivity contribution in [3.63, 3.8) is 0 Å². The Bertz CT molecular complexity index is 1360. The summed E-state index contributed by atoms with van der Waals surface area (Å²) in [5, 5.41) is 19.4. The highest BCUT2D eigenvalue weighted by molar-refractivity contribution is 5.82. The Hall–Kier alpha value is -4.21. The largest absolute Gasteiger partial charge is 0.497 e. The number of carboxylic acid groups (broad SMARTS) is 1. The standard InChI is InChI=1S/C37H45NO8/c1-44-33-19-14-28(15-20-33)37(27-10-6-5-7-11-27,29-16-21-34(45-2)22-17-29)46-26-30-24-32(40)25-38(30)35(41)13-9-4-3-8-12-31(39)18-23-36(42)43/h5-7,10-11,14-17,19-22,30,32,40H,3-4,8-9,12-13,18,23-26H2,1-2H3,(H,42,43)/t30-,32+/m0/s1. The van der Waals surface area contributed by atoms with E-state index in [9.17, 15) is 19.5 Å². The molecule has 0 aromatic heterocycles. The van der Waals surface area contributed by atoms with Gasteiger partial charge in [-0.2, -0.15) is 0 Å². The summed E-state index contributed by atoms with van der Waals surface area (Å²) in [6.45, 7) is 0.461. The van der Waals surface area contributed by atoms with Gasteiger partial charge >= 0.3 is 5.97 Å². The van der Waals surface area contributed by atoms with E-state index in [2.05, 4.69) is 0 Å². The lowest BCUT2D eigenvalue weighted by atomic mass is 9.80. The maximum absolute atomic E-state index is 13.4. The molecule has 1 fully saturated rings. The van der Waals surface area contributed by atoms with Crippen molar-refractivity contribution in [2.24, 2.45) is 0 Å². The minimum Gasteiger partial charge on any atom is -0.497 e. The van der Waals surface area contributed by atoms with Crippen molar-refractivity contribution in [3.8, 4) is 11.5 Å². The zero-order valence-corrected chi connectivity index (χ0v) is 26.7. The van der Waals surface area contributed by atoms with Gasteiger partial charge < -0.3 is 29.3 Å². The summed E-state index contributed by atoms with van der Waals surface area (Å²) in [4.78, 5) is 37.6. The number of hydrogen-bond acceptors (Lipinski definition) is 7. The van der Waals surface area contributed by atoms with Crippen LogP contribution in [-0.2, 0) is 24.7 Å². The molecule has 0 unspecified atom stereocenters. The number of rotatable bonds is 18. The first-order chi connectivity index (χ1) is 22.3. The number of unbranched alkanes of at least 4 members (excludes halogenated alkanes) is 3. The number of ether oxygens (including phenoxy) is 3. The molecule has 0 spiro atoms. The Morgan fingerprint density at radius 1 is 0.739 bits per heavy atom. The molecule has 3 aromatic rings. The van der Waals surface area contributed by atoms with Crippen LogP contribution in [-0.4, -0.2) is 72.3 Å². The van der Waals surface area contributed by atoms with E-state index in [0.29, 0.717) is 32.1 Å². The summed E-state index contributed by atoms with van der Waals surface area (Å²) in [5.74, 6) is 0.418. The second kappa shape index (κ2) is 16.9. The lowest BCUT2D eigenvalue weighted by Gasteiger charge is -2.38. The van der Waals surface area contributed by atoms with E-state index < -0.39 is 17.7 Å². The molecule has 1 heterocycles. The molecule has 0 saturated carbocycles. The van der Waals surface area contributed by atoms with Gasteiger partial charge in [-0.1, -0.05) is 67.4 Å². The molecule has 0 radical (unpaired) electrons. The number of nitrogens with zero attached hydrogens (tertiary/aromatic N) is 1. The third-order valence-corrected chi connectivity index (χ3v) is 8.59. The van der Waals surface area contributed by atoms with Gasteiger partial charge in [0.1, 0.15) is 22.9 Å². The van der Waals surface area contributed by atoms with Crippen LogP contribution in [0.15, 0.2) is 78.9 Å². The fraction of sp³-hybridized carbons (Fsp3) is 0.432. The third-order valence-electron chi connectivity index (χ3n) is 8.59. The van der Waals surface area contributed by atoms with E-state index in [-0.39, 0.29) is 43.7 Å². The van der Waals surface area contributed by atoms with Gasteiger partial charge in [-0.15, -0.1) is 0 Å².